The van der Waals surface area contributed by atoms with Crippen LogP contribution in [0.25, 0.3) is 0 Å². The summed E-state index contributed by atoms with van der Waals surface area (Å²) in [5, 5.41) is 12.2. The van der Waals surface area contributed by atoms with Crippen LogP contribution < -0.4 is 16.0 Å². The number of nitrogens with one attached hydrogen (secondary N) is 3. The second-order valence-corrected chi connectivity index (χ2v) is 9.11. The molecule has 0 spiro atoms. The van der Waals surface area contributed by atoms with Crippen molar-refractivity contribution in [2.45, 2.75) is 49.9 Å². The molecule has 0 radical (unpaired) electrons. The maximum absolute atomic E-state index is 12.1. The van der Waals surface area contributed by atoms with E-state index in [2.05, 4.69) is 44.5 Å². The van der Waals surface area contributed by atoms with Gasteiger partial charge in [-0.3, -0.25) is 9.79 Å². The number of amides is 1. The van der Waals surface area contributed by atoms with Crippen molar-refractivity contribution in [1.82, 2.24) is 10.6 Å². The molecule has 1 atom stereocenters. The number of fused-ring (bicyclic) bond motifs is 1. The molecule has 162 valence electrons. The molecular formula is C23H31IN4OS. The van der Waals surface area contributed by atoms with Crippen molar-refractivity contribution in [1.29, 1.82) is 0 Å². The Balaban J connectivity index is 0.00000256. The van der Waals surface area contributed by atoms with E-state index >= 15 is 0 Å². The van der Waals surface area contributed by atoms with Gasteiger partial charge in [0.15, 0.2) is 5.96 Å². The minimum Gasteiger partial charge on any atom is -0.356 e. The van der Waals surface area contributed by atoms with Crippen LogP contribution in [-0.4, -0.2) is 32.0 Å². The average Bonchev–Trinajstić information content (AvgIpc) is 3.30. The number of para-hydroxylation sites is 1. The van der Waals surface area contributed by atoms with Crippen LogP contribution in [0.4, 0.5) is 5.69 Å². The van der Waals surface area contributed by atoms with E-state index in [-0.39, 0.29) is 41.2 Å². The zero-order valence-electron chi connectivity index (χ0n) is 17.4. The molecule has 2 aliphatic rings. The van der Waals surface area contributed by atoms with Gasteiger partial charge in [-0.1, -0.05) is 43.5 Å². The molecule has 0 saturated heterocycles. The zero-order valence-corrected chi connectivity index (χ0v) is 20.6. The number of hydrogen-bond acceptors (Lipinski definition) is 3. The molecule has 1 aromatic carbocycles. The van der Waals surface area contributed by atoms with Crippen LogP contribution in [0, 0.1) is 0 Å². The number of nitrogens with zero attached hydrogens (tertiary/aromatic N) is 1. The molecule has 1 saturated carbocycles. The highest BCUT2D eigenvalue weighted by atomic mass is 127. The summed E-state index contributed by atoms with van der Waals surface area (Å²) in [7, 11) is 1.82. The highest BCUT2D eigenvalue weighted by molar-refractivity contribution is 14.0. The van der Waals surface area contributed by atoms with E-state index < -0.39 is 0 Å². The lowest BCUT2D eigenvalue weighted by molar-refractivity contribution is -0.116. The molecule has 7 heteroatoms. The van der Waals surface area contributed by atoms with Crippen LogP contribution in [0.3, 0.4) is 0 Å². The quantitative estimate of drug-likeness (QED) is 0.290. The molecular weight excluding hydrogens is 507 g/mol. The second kappa shape index (κ2) is 10.6. The third-order valence-electron chi connectivity index (χ3n) is 6.29. The van der Waals surface area contributed by atoms with Gasteiger partial charge >= 0.3 is 0 Å². The molecule has 0 bridgehead atoms. The maximum Gasteiger partial charge on any atom is 0.225 e. The van der Waals surface area contributed by atoms with Gasteiger partial charge in [0.25, 0.3) is 0 Å². The minimum absolute atomic E-state index is 0. The predicted molar refractivity (Wildman–Crippen MR) is 136 cm³/mol. The lowest BCUT2D eigenvalue weighted by Crippen LogP contribution is -2.47. The van der Waals surface area contributed by atoms with Crippen molar-refractivity contribution < 1.29 is 4.79 Å². The van der Waals surface area contributed by atoms with E-state index in [1.807, 2.05) is 36.6 Å². The van der Waals surface area contributed by atoms with Gasteiger partial charge in [0.1, 0.15) is 0 Å². The fraction of sp³-hybridized carbons (Fsp3) is 0.478. The zero-order chi connectivity index (χ0) is 20.1. The van der Waals surface area contributed by atoms with E-state index in [1.54, 1.807) is 0 Å². The van der Waals surface area contributed by atoms with Gasteiger partial charge in [-0.05, 0) is 35.9 Å². The normalized spacial score (nSPS) is 20.5. The number of thiophene rings is 1. The summed E-state index contributed by atoms with van der Waals surface area (Å²) < 4.78 is 0. The average molecular weight is 538 g/mol. The molecule has 2 aromatic rings. The van der Waals surface area contributed by atoms with Crippen molar-refractivity contribution in [3.8, 4) is 0 Å². The first kappa shape index (κ1) is 23.1. The van der Waals surface area contributed by atoms with Crippen molar-refractivity contribution in [3.63, 3.8) is 0 Å². The standard InChI is InChI=1S/C23H30N4OS.HI/c1-24-22(25-15-17-14-21(28)27-19-9-4-3-8-18(17)19)26-16-23(11-5-2-6-12-23)20-10-7-13-29-20;/h3-4,7-10,13,17H,2,5-6,11-12,14-16H2,1H3,(H,27,28)(H2,24,25,26);1H. The molecule has 3 N–H and O–H groups in total. The molecule has 5 nitrogen and oxygen atoms in total. The van der Waals surface area contributed by atoms with E-state index in [0.29, 0.717) is 13.0 Å². The molecule has 1 aliphatic heterocycles. The largest absolute Gasteiger partial charge is 0.356 e. The number of aliphatic imine (C=N–C) groups is 1. The predicted octanol–water partition coefficient (Wildman–Crippen LogP) is 4.86. The molecule has 1 aromatic heterocycles. The second-order valence-electron chi connectivity index (χ2n) is 8.16. The van der Waals surface area contributed by atoms with Gasteiger partial charge in [0.05, 0.1) is 0 Å². The first-order valence-electron chi connectivity index (χ1n) is 10.6. The summed E-state index contributed by atoms with van der Waals surface area (Å²) in [6, 6.07) is 12.5. The highest BCUT2D eigenvalue weighted by Gasteiger charge is 2.35. The molecule has 4 rings (SSSR count). The third kappa shape index (κ3) is 5.17. The molecule has 1 amide bonds. The van der Waals surface area contributed by atoms with Crippen LogP contribution in [0.5, 0.6) is 0 Å². The number of carbonyl (C=O) groups excluding carboxylic acids is 1. The van der Waals surface area contributed by atoms with Crippen LogP contribution in [0.15, 0.2) is 46.8 Å². The van der Waals surface area contributed by atoms with Crippen LogP contribution in [-0.2, 0) is 10.2 Å². The summed E-state index contributed by atoms with van der Waals surface area (Å²) in [6.07, 6.45) is 6.88. The van der Waals surface area contributed by atoms with Crippen LogP contribution in [0.1, 0.15) is 54.9 Å². The Hall–Kier alpha value is -1.61. The number of carbonyl (C=O) groups is 1. The summed E-state index contributed by atoms with van der Waals surface area (Å²) in [6.45, 7) is 1.59. The van der Waals surface area contributed by atoms with Crippen molar-refractivity contribution in [3.05, 3.63) is 52.2 Å². The Bertz CT molecular complexity index is 862. The van der Waals surface area contributed by atoms with Crippen LogP contribution in [0.2, 0.25) is 0 Å². The molecule has 30 heavy (non-hydrogen) atoms. The summed E-state index contributed by atoms with van der Waals surface area (Å²) in [4.78, 5) is 18.0. The van der Waals surface area contributed by atoms with Crippen molar-refractivity contribution >= 4 is 52.9 Å². The van der Waals surface area contributed by atoms with Gasteiger partial charge < -0.3 is 16.0 Å². The molecule has 1 aliphatic carbocycles. The molecule has 1 unspecified atom stereocenters. The fourth-order valence-corrected chi connectivity index (χ4v) is 5.68. The van der Waals surface area contributed by atoms with Crippen molar-refractivity contribution in [2.75, 3.05) is 25.5 Å². The molecule has 1 fully saturated rings. The number of anilines is 1. The van der Waals surface area contributed by atoms with Gasteiger partial charge in [-0.2, -0.15) is 0 Å². The number of guanidine groups is 1. The Labute approximate surface area is 200 Å². The Morgan fingerprint density at radius 1 is 1.17 bits per heavy atom. The maximum atomic E-state index is 12.1. The molecule has 2 heterocycles. The smallest absolute Gasteiger partial charge is 0.225 e. The lowest BCUT2D eigenvalue weighted by Gasteiger charge is -2.37. The minimum atomic E-state index is 0. The third-order valence-corrected chi connectivity index (χ3v) is 7.41. The Kier molecular flexibility index (Phi) is 8.16. The van der Waals surface area contributed by atoms with Gasteiger partial charge in [-0.25, -0.2) is 0 Å². The first-order valence-corrected chi connectivity index (χ1v) is 11.5. The highest BCUT2D eigenvalue weighted by Crippen LogP contribution is 2.41. The number of rotatable bonds is 5. The van der Waals surface area contributed by atoms with E-state index in [4.69, 9.17) is 0 Å². The summed E-state index contributed by atoms with van der Waals surface area (Å²) in [5.74, 6) is 1.05. The lowest BCUT2D eigenvalue weighted by atomic mass is 9.73. The fourth-order valence-electron chi connectivity index (χ4n) is 4.70. The van der Waals surface area contributed by atoms with E-state index in [1.165, 1.54) is 42.5 Å². The van der Waals surface area contributed by atoms with Gasteiger partial charge in [0, 0.05) is 48.5 Å². The topological polar surface area (TPSA) is 65.5 Å². The van der Waals surface area contributed by atoms with E-state index in [9.17, 15) is 4.79 Å². The number of benzene rings is 1. The first-order chi connectivity index (χ1) is 14.2. The monoisotopic (exact) mass is 538 g/mol. The van der Waals surface area contributed by atoms with E-state index in [0.717, 1.165) is 18.2 Å². The SMILES string of the molecule is CN=C(NCC1CC(=O)Nc2ccccc21)NCC1(c2cccs2)CCCCC1.I. The Morgan fingerprint density at radius 2 is 1.97 bits per heavy atom. The van der Waals surface area contributed by atoms with Crippen molar-refractivity contribution in [2.24, 2.45) is 4.99 Å². The summed E-state index contributed by atoms with van der Waals surface area (Å²) in [5.41, 5.74) is 2.33. The van der Waals surface area contributed by atoms with Gasteiger partial charge in [-0.15, -0.1) is 35.3 Å². The van der Waals surface area contributed by atoms with Crippen LogP contribution >= 0.6 is 35.3 Å². The number of hydrogen-bond donors (Lipinski definition) is 3. The number of halogens is 1. The van der Waals surface area contributed by atoms with Gasteiger partial charge in [0.2, 0.25) is 5.91 Å². The summed E-state index contributed by atoms with van der Waals surface area (Å²) >= 11 is 1.87. The Morgan fingerprint density at radius 3 is 2.70 bits per heavy atom.